The molecule has 0 aliphatic rings. The van der Waals surface area contributed by atoms with Gasteiger partial charge in [0.15, 0.2) is 0 Å². The Bertz CT molecular complexity index is 579. The molecule has 0 saturated carbocycles. The summed E-state index contributed by atoms with van der Waals surface area (Å²) in [5.74, 6) is -1.17. The first-order chi connectivity index (χ1) is 9.16. The zero-order valence-electron chi connectivity index (χ0n) is 10.1. The molecular weight excluding hydrogens is 246 g/mol. The van der Waals surface area contributed by atoms with E-state index >= 15 is 0 Å². The number of benzene rings is 1. The van der Waals surface area contributed by atoms with Crippen LogP contribution in [0.5, 0.6) is 0 Å². The van der Waals surface area contributed by atoms with Gasteiger partial charge in [-0.3, -0.25) is 14.7 Å². The molecule has 0 spiro atoms. The first-order valence-electron chi connectivity index (χ1n) is 5.73. The molecule has 3 N–H and O–H groups in total. The standard InChI is InChI=1S/C13H13N3O3/c17-12(18)7-9-3-1-2-4-10(9)8-14-13(19)11-5-6-15-16-11/h1-6H,7-8H2,(H,14,19)(H,15,16)(H,17,18). The van der Waals surface area contributed by atoms with Gasteiger partial charge < -0.3 is 10.4 Å². The minimum Gasteiger partial charge on any atom is -0.481 e. The normalized spacial score (nSPS) is 10.1. The molecular formula is C13H13N3O3. The highest BCUT2D eigenvalue weighted by Gasteiger charge is 2.09. The van der Waals surface area contributed by atoms with Crippen molar-refractivity contribution >= 4 is 11.9 Å². The fraction of sp³-hybridized carbons (Fsp3) is 0.154. The summed E-state index contributed by atoms with van der Waals surface area (Å²) >= 11 is 0. The van der Waals surface area contributed by atoms with Crippen LogP contribution in [0.3, 0.4) is 0 Å². The molecule has 0 saturated heterocycles. The number of carboxylic acids is 1. The summed E-state index contributed by atoms with van der Waals surface area (Å²) in [4.78, 5) is 22.5. The Kier molecular flexibility index (Phi) is 3.92. The van der Waals surface area contributed by atoms with Crippen molar-refractivity contribution in [1.29, 1.82) is 0 Å². The second-order valence-electron chi connectivity index (χ2n) is 3.99. The van der Waals surface area contributed by atoms with Crippen LogP contribution >= 0.6 is 0 Å². The molecule has 0 atom stereocenters. The van der Waals surface area contributed by atoms with Gasteiger partial charge in [-0.05, 0) is 17.2 Å². The Morgan fingerprint density at radius 3 is 2.58 bits per heavy atom. The van der Waals surface area contributed by atoms with E-state index < -0.39 is 5.97 Å². The third kappa shape index (κ3) is 3.41. The number of rotatable bonds is 5. The quantitative estimate of drug-likeness (QED) is 0.745. The Labute approximate surface area is 109 Å². The van der Waals surface area contributed by atoms with Gasteiger partial charge in [0.2, 0.25) is 0 Å². The number of aliphatic carboxylic acids is 1. The van der Waals surface area contributed by atoms with Gasteiger partial charge in [0.1, 0.15) is 5.69 Å². The van der Waals surface area contributed by atoms with Crippen LogP contribution in [0.25, 0.3) is 0 Å². The van der Waals surface area contributed by atoms with Crippen molar-refractivity contribution in [2.24, 2.45) is 0 Å². The van der Waals surface area contributed by atoms with Gasteiger partial charge in [0, 0.05) is 12.7 Å². The monoisotopic (exact) mass is 259 g/mol. The van der Waals surface area contributed by atoms with E-state index in [-0.39, 0.29) is 18.9 Å². The molecule has 1 aromatic heterocycles. The van der Waals surface area contributed by atoms with Crippen molar-refractivity contribution < 1.29 is 14.7 Å². The minimum atomic E-state index is -0.896. The first kappa shape index (κ1) is 12.8. The van der Waals surface area contributed by atoms with Crippen molar-refractivity contribution in [2.75, 3.05) is 0 Å². The van der Waals surface area contributed by atoms with Crippen molar-refractivity contribution in [2.45, 2.75) is 13.0 Å². The highest BCUT2D eigenvalue weighted by Crippen LogP contribution is 2.09. The molecule has 1 heterocycles. The van der Waals surface area contributed by atoms with Crippen molar-refractivity contribution in [3.63, 3.8) is 0 Å². The molecule has 0 unspecified atom stereocenters. The van der Waals surface area contributed by atoms with Crippen LogP contribution < -0.4 is 5.32 Å². The lowest BCUT2D eigenvalue weighted by atomic mass is 10.0. The third-order valence-corrected chi connectivity index (χ3v) is 2.64. The largest absolute Gasteiger partial charge is 0.481 e. The van der Waals surface area contributed by atoms with Gasteiger partial charge >= 0.3 is 5.97 Å². The minimum absolute atomic E-state index is 0.0594. The van der Waals surface area contributed by atoms with E-state index in [0.29, 0.717) is 11.3 Å². The SMILES string of the molecule is O=C(O)Cc1ccccc1CNC(=O)c1ccn[nH]1. The second-order valence-corrected chi connectivity index (χ2v) is 3.99. The molecule has 6 nitrogen and oxygen atoms in total. The zero-order chi connectivity index (χ0) is 13.7. The third-order valence-electron chi connectivity index (χ3n) is 2.64. The summed E-state index contributed by atoms with van der Waals surface area (Å²) in [6.45, 7) is 0.279. The molecule has 98 valence electrons. The number of carbonyl (C=O) groups is 2. The molecule has 1 amide bonds. The van der Waals surface area contributed by atoms with Crippen molar-refractivity contribution in [1.82, 2.24) is 15.5 Å². The van der Waals surface area contributed by atoms with Gasteiger partial charge in [-0.2, -0.15) is 5.10 Å². The van der Waals surface area contributed by atoms with Gasteiger partial charge in [-0.1, -0.05) is 24.3 Å². The van der Waals surface area contributed by atoms with E-state index in [0.717, 1.165) is 5.56 Å². The number of carbonyl (C=O) groups excluding carboxylic acids is 1. The van der Waals surface area contributed by atoms with Crippen LogP contribution in [0.15, 0.2) is 36.5 Å². The van der Waals surface area contributed by atoms with E-state index in [1.54, 1.807) is 24.3 Å². The van der Waals surface area contributed by atoms with Crippen LogP contribution in [0, 0.1) is 0 Å². The number of carboxylic acid groups (broad SMARTS) is 1. The van der Waals surface area contributed by atoms with E-state index in [2.05, 4.69) is 15.5 Å². The summed E-state index contributed by atoms with van der Waals surface area (Å²) in [5.41, 5.74) is 1.85. The molecule has 0 aliphatic carbocycles. The predicted molar refractivity (Wildman–Crippen MR) is 67.5 cm³/mol. The summed E-state index contributed by atoms with van der Waals surface area (Å²) in [7, 11) is 0. The molecule has 2 aromatic rings. The molecule has 1 aromatic carbocycles. The fourth-order valence-electron chi connectivity index (χ4n) is 1.72. The summed E-state index contributed by atoms with van der Waals surface area (Å²) in [6, 6.07) is 8.69. The van der Waals surface area contributed by atoms with Crippen LogP contribution in [0.2, 0.25) is 0 Å². The van der Waals surface area contributed by atoms with Gasteiger partial charge in [-0.15, -0.1) is 0 Å². The lowest BCUT2D eigenvalue weighted by molar-refractivity contribution is -0.136. The number of H-pyrrole nitrogens is 1. The Hall–Kier alpha value is -2.63. The number of aromatic amines is 1. The number of nitrogens with one attached hydrogen (secondary N) is 2. The first-order valence-corrected chi connectivity index (χ1v) is 5.73. The molecule has 0 bridgehead atoms. The fourth-order valence-corrected chi connectivity index (χ4v) is 1.72. The number of nitrogens with zero attached hydrogens (tertiary/aromatic N) is 1. The second kappa shape index (κ2) is 5.81. The number of amides is 1. The maximum absolute atomic E-state index is 11.7. The topological polar surface area (TPSA) is 95.1 Å². The number of aromatic nitrogens is 2. The van der Waals surface area contributed by atoms with Crippen molar-refractivity contribution in [3.05, 3.63) is 53.3 Å². The molecule has 19 heavy (non-hydrogen) atoms. The molecule has 6 heteroatoms. The molecule has 0 radical (unpaired) electrons. The summed E-state index contributed by atoms with van der Waals surface area (Å²) < 4.78 is 0. The van der Waals surface area contributed by atoms with Crippen LogP contribution in [0.1, 0.15) is 21.6 Å². The van der Waals surface area contributed by atoms with E-state index in [1.807, 2.05) is 6.07 Å². The van der Waals surface area contributed by atoms with Gasteiger partial charge in [0.25, 0.3) is 5.91 Å². The lowest BCUT2D eigenvalue weighted by Crippen LogP contribution is -2.24. The van der Waals surface area contributed by atoms with Crippen LogP contribution in [-0.4, -0.2) is 27.2 Å². The highest BCUT2D eigenvalue weighted by molar-refractivity contribution is 5.92. The molecule has 0 fully saturated rings. The Morgan fingerprint density at radius 1 is 1.21 bits per heavy atom. The smallest absolute Gasteiger partial charge is 0.307 e. The Balaban J connectivity index is 2.03. The Morgan fingerprint density at radius 2 is 1.95 bits per heavy atom. The maximum Gasteiger partial charge on any atom is 0.307 e. The predicted octanol–water partition coefficient (Wildman–Crippen LogP) is 0.967. The van der Waals surface area contributed by atoms with E-state index in [1.165, 1.54) is 6.20 Å². The van der Waals surface area contributed by atoms with Crippen LogP contribution in [-0.2, 0) is 17.8 Å². The molecule has 2 rings (SSSR count). The van der Waals surface area contributed by atoms with Gasteiger partial charge in [-0.25, -0.2) is 0 Å². The maximum atomic E-state index is 11.7. The van der Waals surface area contributed by atoms with E-state index in [9.17, 15) is 9.59 Å². The average Bonchev–Trinajstić information content (AvgIpc) is 2.90. The number of hydrogen-bond acceptors (Lipinski definition) is 3. The zero-order valence-corrected chi connectivity index (χ0v) is 10.1. The average molecular weight is 259 g/mol. The highest BCUT2D eigenvalue weighted by atomic mass is 16.4. The summed E-state index contributed by atoms with van der Waals surface area (Å²) in [5, 5.41) is 17.8. The van der Waals surface area contributed by atoms with Gasteiger partial charge in [0.05, 0.1) is 6.42 Å². The van der Waals surface area contributed by atoms with E-state index in [4.69, 9.17) is 5.11 Å². The van der Waals surface area contributed by atoms with Crippen molar-refractivity contribution in [3.8, 4) is 0 Å². The molecule has 0 aliphatic heterocycles. The summed E-state index contributed by atoms with van der Waals surface area (Å²) in [6.07, 6.45) is 1.43. The number of hydrogen-bond donors (Lipinski definition) is 3. The lowest BCUT2D eigenvalue weighted by Gasteiger charge is -2.08. The van der Waals surface area contributed by atoms with Crippen LogP contribution in [0.4, 0.5) is 0 Å².